The molecule has 1 atom stereocenters. The van der Waals surface area contributed by atoms with Crippen LogP contribution in [-0.2, 0) is 20.9 Å². The summed E-state index contributed by atoms with van der Waals surface area (Å²) in [6, 6.07) is 10.0. The van der Waals surface area contributed by atoms with E-state index < -0.39 is 23.5 Å². The number of para-hydroxylation sites is 1. The van der Waals surface area contributed by atoms with Crippen molar-refractivity contribution in [2.75, 3.05) is 11.4 Å². The number of amides is 1. The molecule has 2 aromatic rings. The van der Waals surface area contributed by atoms with Gasteiger partial charge in [-0.25, -0.2) is 8.78 Å². The number of carbonyl (C=O) groups excluding carboxylic acids is 2. The number of nitrogens with zero attached hydrogens (tertiary/aromatic N) is 1. The first kappa shape index (κ1) is 17.4. The van der Waals surface area contributed by atoms with Crippen molar-refractivity contribution in [3.05, 3.63) is 64.7 Å². The van der Waals surface area contributed by atoms with Gasteiger partial charge in [0.1, 0.15) is 18.2 Å². The number of rotatable bonds is 4. The van der Waals surface area contributed by atoms with E-state index >= 15 is 0 Å². The van der Waals surface area contributed by atoms with Crippen molar-refractivity contribution in [1.82, 2.24) is 0 Å². The van der Waals surface area contributed by atoms with E-state index in [1.54, 1.807) is 6.07 Å². The number of halogens is 3. The molecule has 1 saturated heterocycles. The highest BCUT2D eigenvalue weighted by Gasteiger charge is 2.37. The Bertz CT molecular complexity index is 807. The molecule has 1 fully saturated rings. The summed E-state index contributed by atoms with van der Waals surface area (Å²) in [4.78, 5) is 25.5. The Kier molecular flexibility index (Phi) is 4.99. The van der Waals surface area contributed by atoms with Crippen LogP contribution in [0.1, 0.15) is 12.0 Å². The molecule has 1 aliphatic rings. The van der Waals surface area contributed by atoms with Gasteiger partial charge in [-0.1, -0.05) is 29.8 Å². The van der Waals surface area contributed by atoms with E-state index in [4.69, 9.17) is 16.3 Å². The topological polar surface area (TPSA) is 46.6 Å². The summed E-state index contributed by atoms with van der Waals surface area (Å²) in [6.45, 7) is -0.307. The lowest BCUT2D eigenvalue weighted by Crippen LogP contribution is -2.27. The lowest BCUT2D eigenvalue weighted by atomic mass is 10.1. The largest absolute Gasteiger partial charge is 0.460 e. The molecule has 2 aromatic carbocycles. The fourth-order valence-corrected chi connectivity index (χ4v) is 2.92. The van der Waals surface area contributed by atoms with Gasteiger partial charge in [0.05, 0.1) is 16.6 Å². The standard InChI is InChI=1S/C18H14ClF2NO3/c19-13-4-3-6-14(20)12(13)10-25-18(24)11-8-17(23)22(9-11)16-7-2-1-5-15(16)21/h1-7,11H,8-10H2/t11-/m0/s1. The Labute approximate surface area is 148 Å². The Hall–Kier alpha value is -2.47. The normalized spacial score (nSPS) is 17.0. The van der Waals surface area contributed by atoms with Crippen LogP contribution in [0.5, 0.6) is 0 Å². The molecule has 0 saturated carbocycles. The van der Waals surface area contributed by atoms with Gasteiger partial charge in [0.15, 0.2) is 0 Å². The van der Waals surface area contributed by atoms with E-state index in [1.807, 2.05) is 0 Å². The Morgan fingerprint density at radius 2 is 1.88 bits per heavy atom. The van der Waals surface area contributed by atoms with Crippen molar-refractivity contribution in [2.45, 2.75) is 13.0 Å². The third-order valence-corrected chi connectivity index (χ3v) is 4.38. The minimum Gasteiger partial charge on any atom is -0.460 e. The van der Waals surface area contributed by atoms with Gasteiger partial charge in [-0.05, 0) is 24.3 Å². The Morgan fingerprint density at radius 3 is 2.60 bits per heavy atom. The molecule has 1 heterocycles. The van der Waals surface area contributed by atoms with Gasteiger partial charge in [0, 0.05) is 18.5 Å². The number of hydrogen-bond acceptors (Lipinski definition) is 3. The van der Waals surface area contributed by atoms with Crippen molar-refractivity contribution in [2.24, 2.45) is 5.92 Å². The zero-order valence-electron chi connectivity index (χ0n) is 13.0. The summed E-state index contributed by atoms with van der Waals surface area (Å²) in [6.07, 6.45) is -0.0851. The number of benzene rings is 2. The number of hydrogen-bond donors (Lipinski definition) is 0. The van der Waals surface area contributed by atoms with Crippen LogP contribution in [0.2, 0.25) is 5.02 Å². The minimum atomic E-state index is -0.738. The van der Waals surface area contributed by atoms with Crippen LogP contribution in [0.4, 0.5) is 14.5 Å². The molecule has 1 aliphatic heterocycles. The van der Waals surface area contributed by atoms with Gasteiger partial charge < -0.3 is 9.64 Å². The van der Waals surface area contributed by atoms with Gasteiger partial charge in [0.2, 0.25) is 5.91 Å². The lowest BCUT2D eigenvalue weighted by molar-refractivity contribution is -0.149. The molecule has 0 spiro atoms. The second-order valence-corrected chi connectivity index (χ2v) is 6.07. The summed E-state index contributed by atoms with van der Waals surface area (Å²) in [7, 11) is 0. The molecule has 1 amide bonds. The summed E-state index contributed by atoms with van der Waals surface area (Å²) < 4.78 is 32.6. The third kappa shape index (κ3) is 3.64. The molecule has 25 heavy (non-hydrogen) atoms. The van der Waals surface area contributed by atoms with Gasteiger partial charge in [-0.15, -0.1) is 0 Å². The summed E-state index contributed by atoms with van der Waals surface area (Å²) in [5.74, 6) is -2.86. The summed E-state index contributed by atoms with van der Waals surface area (Å²) in [5.41, 5.74) is 0.202. The quantitative estimate of drug-likeness (QED) is 0.776. The van der Waals surface area contributed by atoms with E-state index in [1.165, 1.54) is 41.3 Å². The van der Waals surface area contributed by atoms with E-state index in [9.17, 15) is 18.4 Å². The van der Waals surface area contributed by atoms with E-state index in [-0.39, 0.29) is 41.8 Å². The molecular formula is C18H14ClF2NO3. The maximum atomic E-state index is 13.8. The number of ether oxygens (including phenoxy) is 1. The van der Waals surface area contributed by atoms with E-state index in [0.29, 0.717) is 0 Å². The average Bonchev–Trinajstić information content (AvgIpc) is 2.96. The first-order chi connectivity index (χ1) is 12.0. The van der Waals surface area contributed by atoms with Crippen LogP contribution in [0, 0.1) is 17.6 Å². The van der Waals surface area contributed by atoms with E-state index in [0.717, 1.165) is 0 Å². The lowest BCUT2D eigenvalue weighted by Gasteiger charge is -2.17. The molecule has 0 bridgehead atoms. The molecule has 0 aromatic heterocycles. The Morgan fingerprint density at radius 1 is 1.16 bits per heavy atom. The highest BCUT2D eigenvalue weighted by Crippen LogP contribution is 2.28. The Balaban J connectivity index is 1.66. The minimum absolute atomic E-state index is 0.0175. The van der Waals surface area contributed by atoms with Crippen molar-refractivity contribution in [1.29, 1.82) is 0 Å². The van der Waals surface area contributed by atoms with Gasteiger partial charge >= 0.3 is 5.97 Å². The van der Waals surface area contributed by atoms with Crippen LogP contribution in [0.25, 0.3) is 0 Å². The molecule has 4 nitrogen and oxygen atoms in total. The summed E-state index contributed by atoms with van der Waals surface area (Å²) in [5, 5.41) is 0.156. The second-order valence-electron chi connectivity index (χ2n) is 5.66. The van der Waals surface area contributed by atoms with Crippen molar-refractivity contribution in [3.8, 4) is 0 Å². The van der Waals surface area contributed by atoms with E-state index in [2.05, 4.69) is 0 Å². The number of carbonyl (C=O) groups is 2. The van der Waals surface area contributed by atoms with Gasteiger partial charge in [-0.3, -0.25) is 9.59 Å². The fraction of sp³-hybridized carbons (Fsp3) is 0.222. The molecule has 0 aliphatic carbocycles. The molecule has 130 valence electrons. The third-order valence-electron chi connectivity index (χ3n) is 4.02. The molecule has 0 unspecified atom stereocenters. The molecule has 0 N–H and O–H groups in total. The average molecular weight is 366 g/mol. The predicted octanol–water partition coefficient (Wildman–Crippen LogP) is 3.71. The maximum absolute atomic E-state index is 13.8. The predicted molar refractivity (Wildman–Crippen MR) is 88.1 cm³/mol. The van der Waals surface area contributed by atoms with Crippen molar-refractivity contribution in [3.63, 3.8) is 0 Å². The van der Waals surface area contributed by atoms with Crippen LogP contribution < -0.4 is 4.90 Å². The number of anilines is 1. The molecule has 0 radical (unpaired) electrons. The van der Waals surface area contributed by atoms with Gasteiger partial charge in [-0.2, -0.15) is 0 Å². The fourth-order valence-electron chi connectivity index (χ4n) is 2.70. The first-order valence-corrected chi connectivity index (χ1v) is 7.99. The summed E-state index contributed by atoms with van der Waals surface area (Å²) >= 11 is 5.88. The number of esters is 1. The zero-order valence-corrected chi connectivity index (χ0v) is 13.8. The van der Waals surface area contributed by atoms with Crippen LogP contribution >= 0.6 is 11.6 Å². The second kappa shape index (κ2) is 7.19. The van der Waals surface area contributed by atoms with Crippen molar-refractivity contribution >= 4 is 29.2 Å². The molecule has 7 heteroatoms. The smallest absolute Gasteiger partial charge is 0.311 e. The molecular weight excluding hydrogens is 352 g/mol. The highest BCUT2D eigenvalue weighted by atomic mass is 35.5. The zero-order chi connectivity index (χ0) is 18.0. The van der Waals surface area contributed by atoms with Crippen LogP contribution in [0.3, 0.4) is 0 Å². The van der Waals surface area contributed by atoms with Crippen molar-refractivity contribution < 1.29 is 23.1 Å². The first-order valence-electron chi connectivity index (χ1n) is 7.62. The van der Waals surface area contributed by atoms with Crippen LogP contribution in [-0.4, -0.2) is 18.4 Å². The highest BCUT2D eigenvalue weighted by molar-refractivity contribution is 6.31. The van der Waals surface area contributed by atoms with Crippen LogP contribution in [0.15, 0.2) is 42.5 Å². The molecule has 3 rings (SSSR count). The monoisotopic (exact) mass is 365 g/mol. The maximum Gasteiger partial charge on any atom is 0.311 e. The SMILES string of the molecule is O=C(OCc1c(F)cccc1Cl)[C@H]1CC(=O)N(c2ccccc2F)C1. The van der Waals surface area contributed by atoms with Gasteiger partial charge in [0.25, 0.3) is 0 Å².